The lowest BCUT2D eigenvalue weighted by Crippen LogP contribution is -2.60. The van der Waals surface area contributed by atoms with Crippen molar-refractivity contribution in [2.45, 2.75) is 174 Å². The van der Waals surface area contributed by atoms with Crippen molar-refractivity contribution in [1.29, 1.82) is 0 Å². The van der Waals surface area contributed by atoms with Gasteiger partial charge < -0.3 is 96.7 Å². The number of amides is 12. The second-order valence-electron chi connectivity index (χ2n) is 19.8. The Morgan fingerprint density at radius 1 is 0.427 bits per heavy atom. The lowest BCUT2D eigenvalue weighted by molar-refractivity contribution is -0.142. The Labute approximate surface area is 472 Å². The minimum atomic E-state index is -1.70. The summed E-state index contributed by atoms with van der Waals surface area (Å²) in [6.07, 6.45) is -3.01. The molecule has 34 heteroatoms. The standard InChI is InChI=1S/C48H82N16O18/c1-21(2)18-31(45(79)58-26(8)40(74)62-30(47(81)82)10-9-17-53-48(51)52)63-44(78)29(13-16-36(70)71)60-43(77)28(11-14-32(50)65)61-46(80)37(22(3)4)64-41(75)24(6)55-34(67)20-54-38(72)23(5)56-39(73)25(7)57-42(76)27(12-15-35(68)69)59-33(66)19-49/h21-31,37H,9-20,49H2,1-8H3,(H2,50,65)(H,54,72)(H,55,67)(H,56,73)(H,57,76)(H,58,79)(H,59,66)(H,60,77)(H,61,80)(H,62,74)(H,63,78)(H,64,75)(H,68,69)(H,70,71)(H,81,82)(H4,51,52,53)/t23-,24-,25-,26-,27-,28-,29-,30-,31-,37-/m0/s1. The molecule has 0 rings (SSSR count). The van der Waals surface area contributed by atoms with Crippen molar-refractivity contribution in [3.63, 3.8) is 0 Å². The SMILES string of the molecule is CC(C)C[C@H](NC(=O)[C@H](CCC(=O)O)NC(=O)[C@H](CCC(N)=O)NC(=O)[C@@H](NC(=O)[C@H](C)NC(=O)CNC(=O)[C@H](C)NC(=O)[C@H](C)NC(=O)[C@H](CCC(=O)O)NC(=O)CN)C(C)C)C(=O)N[C@@H](C)C(=O)N[C@@H](CCCN=C(N)N)C(=O)O. The average molecular weight is 1170 g/mol. The van der Waals surface area contributed by atoms with Crippen molar-refractivity contribution >= 4 is 94.8 Å². The Kier molecular flexibility index (Phi) is 33.3. The molecule has 82 heavy (non-hydrogen) atoms. The number of hydrogen-bond acceptors (Lipinski definition) is 17. The van der Waals surface area contributed by atoms with Crippen molar-refractivity contribution in [1.82, 2.24) is 58.5 Å². The lowest BCUT2D eigenvalue weighted by Gasteiger charge is -2.28. The number of guanidine groups is 1. The maximum absolute atomic E-state index is 13.9. The summed E-state index contributed by atoms with van der Waals surface area (Å²) in [4.78, 5) is 195. The lowest BCUT2D eigenvalue weighted by atomic mass is 10.0. The molecule has 462 valence electrons. The number of hydrogen-bond donors (Lipinski definition) is 18. The van der Waals surface area contributed by atoms with E-state index in [-0.39, 0.29) is 44.1 Å². The highest BCUT2D eigenvalue weighted by atomic mass is 16.4. The van der Waals surface area contributed by atoms with E-state index in [1.54, 1.807) is 13.8 Å². The zero-order chi connectivity index (χ0) is 63.1. The van der Waals surface area contributed by atoms with Gasteiger partial charge in [-0.3, -0.25) is 72.1 Å². The van der Waals surface area contributed by atoms with Gasteiger partial charge in [-0.2, -0.15) is 0 Å². The number of carbonyl (C=O) groups excluding carboxylic acids is 12. The van der Waals surface area contributed by atoms with Crippen LogP contribution < -0.4 is 81.4 Å². The molecule has 0 radical (unpaired) electrons. The summed E-state index contributed by atoms with van der Waals surface area (Å²) in [6, 6.07) is -14.3. The first-order valence-corrected chi connectivity index (χ1v) is 26.1. The summed E-state index contributed by atoms with van der Waals surface area (Å²) in [6.45, 7) is 10.2. The number of nitrogens with two attached hydrogens (primary N) is 4. The Morgan fingerprint density at radius 2 is 0.829 bits per heavy atom. The molecule has 0 bridgehead atoms. The third kappa shape index (κ3) is 30.0. The van der Waals surface area contributed by atoms with Gasteiger partial charge in [0.05, 0.1) is 13.1 Å². The normalized spacial score (nSPS) is 14.5. The Hall–Kier alpha value is -8.72. The number of aliphatic carboxylic acids is 3. The topological polar surface area (TPSA) is 566 Å². The summed E-state index contributed by atoms with van der Waals surface area (Å²) >= 11 is 0. The average Bonchev–Trinajstić information content (AvgIpc) is 3.40. The van der Waals surface area contributed by atoms with Gasteiger partial charge in [-0.05, 0) is 78.1 Å². The second kappa shape index (κ2) is 37.3. The number of nitrogens with one attached hydrogen (secondary N) is 11. The molecule has 12 amide bonds. The monoisotopic (exact) mass is 1170 g/mol. The van der Waals surface area contributed by atoms with Crippen LogP contribution in [0.15, 0.2) is 4.99 Å². The first-order valence-electron chi connectivity index (χ1n) is 26.1. The smallest absolute Gasteiger partial charge is 0.326 e. The van der Waals surface area contributed by atoms with Crippen LogP contribution in [-0.2, 0) is 71.9 Å². The van der Waals surface area contributed by atoms with Crippen LogP contribution in [0.4, 0.5) is 0 Å². The summed E-state index contributed by atoms with van der Waals surface area (Å²) in [7, 11) is 0. The van der Waals surface area contributed by atoms with E-state index in [0.717, 1.165) is 0 Å². The molecule has 0 aliphatic rings. The van der Waals surface area contributed by atoms with Crippen LogP contribution in [-0.4, -0.2) is 190 Å². The fourth-order valence-corrected chi connectivity index (χ4v) is 7.10. The quantitative estimate of drug-likeness (QED) is 0.0154. The summed E-state index contributed by atoms with van der Waals surface area (Å²) in [5.74, 6) is -16.4. The number of carboxylic acids is 3. The molecule has 0 aromatic heterocycles. The largest absolute Gasteiger partial charge is 0.481 e. The van der Waals surface area contributed by atoms with Crippen LogP contribution in [0.25, 0.3) is 0 Å². The van der Waals surface area contributed by atoms with Gasteiger partial charge in [0.2, 0.25) is 70.9 Å². The van der Waals surface area contributed by atoms with Crippen molar-refractivity contribution in [2.24, 2.45) is 39.8 Å². The molecule has 0 aliphatic carbocycles. The van der Waals surface area contributed by atoms with Gasteiger partial charge in [0.15, 0.2) is 5.96 Å². The van der Waals surface area contributed by atoms with Gasteiger partial charge in [-0.15, -0.1) is 0 Å². The minimum absolute atomic E-state index is 0.0538. The molecule has 0 aromatic rings. The van der Waals surface area contributed by atoms with Crippen LogP contribution in [0.3, 0.4) is 0 Å². The zero-order valence-corrected chi connectivity index (χ0v) is 47.1. The first-order chi connectivity index (χ1) is 38.1. The first kappa shape index (κ1) is 73.3. The van der Waals surface area contributed by atoms with Gasteiger partial charge in [0.25, 0.3) is 0 Å². The van der Waals surface area contributed by atoms with E-state index in [4.69, 9.17) is 28.0 Å². The molecule has 0 aromatic carbocycles. The minimum Gasteiger partial charge on any atom is -0.481 e. The van der Waals surface area contributed by atoms with E-state index >= 15 is 0 Å². The molecule has 0 unspecified atom stereocenters. The van der Waals surface area contributed by atoms with Gasteiger partial charge >= 0.3 is 17.9 Å². The van der Waals surface area contributed by atoms with Crippen LogP contribution in [0.2, 0.25) is 0 Å². The van der Waals surface area contributed by atoms with Crippen molar-refractivity contribution < 1.29 is 87.2 Å². The molecule has 10 atom stereocenters. The van der Waals surface area contributed by atoms with E-state index < -0.39 is 200 Å². The molecular weight excluding hydrogens is 1090 g/mol. The maximum atomic E-state index is 13.9. The molecule has 0 aliphatic heterocycles. The Morgan fingerprint density at radius 3 is 1.29 bits per heavy atom. The van der Waals surface area contributed by atoms with Crippen LogP contribution in [0.1, 0.15) is 113 Å². The number of nitrogens with zero attached hydrogens (tertiary/aromatic N) is 1. The number of carbonyl (C=O) groups is 15. The van der Waals surface area contributed by atoms with E-state index in [9.17, 15) is 82.1 Å². The van der Waals surface area contributed by atoms with Crippen LogP contribution >= 0.6 is 0 Å². The van der Waals surface area contributed by atoms with Gasteiger partial charge in [0, 0.05) is 25.8 Å². The molecule has 34 nitrogen and oxygen atoms in total. The van der Waals surface area contributed by atoms with Crippen molar-refractivity contribution in [3.05, 3.63) is 0 Å². The summed E-state index contributed by atoms with van der Waals surface area (Å²) < 4.78 is 0. The van der Waals surface area contributed by atoms with Gasteiger partial charge in [0.1, 0.15) is 60.4 Å². The Balaban J connectivity index is 6.01. The van der Waals surface area contributed by atoms with Crippen molar-refractivity contribution in [3.8, 4) is 0 Å². The molecule has 0 saturated carbocycles. The molecule has 0 saturated heterocycles. The molecule has 0 heterocycles. The number of aliphatic imine (C=N–C) groups is 1. The highest BCUT2D eigenvalue weighted by molar-refractivity contribution is 5.99. The highest BCUT2D eigenvalue weighted by Crippen LogP contribution is 2.11. The Bertz CT molecular complexity index is 2330. The predicted molar refractivity (Wildman–Crippen MR) is 288 cm³/mol. The van der Waals surface area contributed by atoms with Gasteiger partial charge in [-0.1, -0.05) is 27.7 Å². The third-order valence-electron chi connectivity index (χ3n) is 11.7. The van der Waals surface area contributed by atoms with Gasteiger partial charge in [-0.25, -0.2) is 4.79 Å². The summed E-state index contributed by atoms with van der Waals surface area (Å²) in [5.41, 5.74) is 21.2. The molecular formula is C48H82N16O18. The molecule has 0 spiro atoms. The van der Waals surface area contributed by atoms with Crippen LogP contribution in [0.5, 0.6) is 0 Å². The second-order valence-corrected chi connectivity index (χ2v) is 19.8. The highest BCUT2D eigenvalue weighted by Gasteiger charge is 2.35. The third-order valence-corrected chi connectivity index (χ3v) is 11.7. The van der Waals surface area contributed by atoms with E-state index in [1.165, 1.54) is 41.5 Å². The summed E-state index contributed by atoms with van der Waals surface area (Å²) in [5, 5.41) is 53.9. The van der Waals surface area contributed by atoms with Crippen molar-refractivity contribution in [2.75, 3.05) is 19.6 Å². The number of rotatable bonds is 39. The molecule has 22 N–H and O–H groups in total. The van der Waals surface area contributed by atoms with E-state index in [0.29, 0.717) is 0 Å². The fraction of sp³-hybridized carbons (Fsp3) is 0.667. The maximum Gasteiger partial charge on any atom is 0.326 e. The number of carboxylic acid groups (broad SMARTS) is 3. The van der Waals surface area contributed by atoms with Crippen LogP contribution in [0, 0.1) is 11.8 Å². The van der Waals surface area contributed by atoms with E-state index in [2.05, 4.69) is 63.5 Å². The molecule has 0 fully saturated rings. The zero-order valence-electron chi connectivity index (χ0n) is 47.1. The predicted octanol–water partition coefficient (Wildman–Crippen LogP) is -7.18. The number of primary amides is 1. The fourth-order valence-electron chi connectivity index (χ4n) is 7.10. The van der Waals surface area contributed by atoms with E-state index in [1.807, 2.05) is 0 Å².